The maximum absolute atomic E-state index is 14.8. The first kappa shape index (κ1) is 61.9. The molecule has 1 fully saturated rings. The van der Waals surface area contributed by atoms with Gasteiger partial charge in [0.25, 0.3) is 0 Å². The van der Waals surface area contributed by atoms with E-state index in [1.807, 2.05) is 68.3 Å². The number of carbonyl (C=O) groups is 9. The third kappa shape index (κ3) is 17.9. The molecule has 0 aliphatic carbocycles. The molecule has 0 saturated carbocycles. The summed E-state index contributed by atoms with van der Waals surface area (Å²) in [6, 6.07) is 20.3. The van der Waals surface area contributed by atoms with Crippen molar-refractivity contribution in [3.8, 4) is 0 Å². The highest BCUT2D eigenvalue weighted by Crippen LogP contribution is 2.20. The summed E-state index contributed by atoms with van der Waals surface area (Å²) in [5.41, 5.74) is 5.08. The van der Waals surface area contributed by atoms with Gasteiger partial charge in [-0.15, -0.1) is 0 Å². The second-order valence-corrected chi connectivity index (χ2v) is 21.1. The summed E-state index contributed by atoms with van der Waals surface area (Å²) in [6.07, 6.45) is 6.68. The fourth-order valence-corrected chi connectivity index (χ4v) is 8.73. The lowest BCUT2D eigenvalue weighted by Crippen LogP contribution is -2.62. The van der Waals surface area contributed by atoms with Gasteiger partial charge in [0.1, 0.15) is 55.5 Å². The van der Waals surface area contributed by atoms with Crippen molar-refractivity contribution in [1.82, 2.24) is 42.2 Å². The number of H-pyrrole nitrogens is 1. The molecule has 0 unspecified atom stereocenters. The van der Waals surface area contributed by atoms with E-state index in [2.05, 4.69) is 42.2 Å². The fraction of sp³-hybridized carbons (Fsp3) is 0.361. The molecule has 0 spiro atoms. The van der Waals surface area contributed by atoms with E-state index in [4.69, 9.17) is 9.47 Å². The number of nitrogens with zero attached hydrogens (tertiary/aromatic N) is 2. The van der Waals surface area contributed by atoms with Gasteiger partial charge in [-0.05, 0) is 83.5 Å². The van der Waals surface area contributed by atoms with Crippen molar-refractivity contribution < 1.29 is 52.6 Å². The Morgan fingerprint density at radius 1 is 0.488 bits per heavy atom. The van der Waals surface area contributed by atoms with E-state index in [1.165, 1.54) is 19.1 Å². The Kier molecular flexibility index (Phi) is 22.1. The molecule has 5 aromatic rings. The van der Waals surface area contributed by atoms with Gasteiger partial charge in [-0.1, -0.05) is 100 Å². The van der Waals surface area contributed by atoms with Gasteiger partial charge < -0.3 is 61.5 Å². The minimum atomic E-state index is -1.72. The van der Waals surface area contributed by atoms with Gasteiger partial charge in [0.2, 0.25) is 41.4 Å². The third-order valence-electron chi connectivity index (χ3n) is 13.6. The number of hydrogen-bond donors (Lipinski definition) is 8. The molecule has 1 aliphatic heterocycles. The highest BCUT2D eigenvalue weighted by molar-refractivity contribution is 5.99. The lowest BCUT2D eigenvalue weighted by atomic mass is 9.99. The Hall–Kier alpha value is -9.27. The van der Waals surface area contributed by atoms with E-state index in [1.54, 1.807) is 107 Å². The predicted octanol–water partition coefficient (Wildman–Crippen LogP) is 3.34. The maximum atomic E-state index is 14.8. The van der Waals surface area contributed by atoms with Crippen molar-refractivity contribution in [3.05, 3.63) is 144 Å². The van der Waals surface area contributed by atoms with Crippen molar-refractivity contribution in [1.29, 1.82) is 0 Å². The second kappa shape index (κ2) is 29.3. The molecule has 82 heavy (non-hydrogen) atoms. The first-order valence-electron chi connectivity index (χ1n) is 27.0. The molecule has 6 rings (SSSR count). The van der Waals surface area contributed by atoms with Crippen molar-refractivity contribution >= 4 is 87.7 Å². The lowest BCUT2D eigenvalue weighted by molar-refractivity contribution is -0.143. The quantitative estimate of drug-likeness (QED) is 0.0521. The van der Waals surface area contributed by atoms with E-state index in [9.17, 15) is 43.2 Å². The smallest absolute Gasteiger partial charge is 0.330 e. The van der Waals surface area contributed by atoms with Crippen LogP contribution in [0, 0.1) is 11.8 Å². The Morgan fingerprint density at radius 3 is 1.41 bits per heavy atom. The van der Waals surface area contributed by atoms with E-state index >= 15 is 0 Å². The summed E-state index contributed by atoms with van der Waals surface area (Å²) >= 11 is 0. The normalized spacial score (nSPS) is 20.9. The minimum Gasteiger partial charge on any atom is -0.460 e. The number of benzene rings is 4. The third-order valence-corrected chi connectivity index (χ3v) is 13.6. The molecule has 7 amide bonds. The van der Waals surface area contributed by atoms with Crippen LogP contribution in [0.2, 0.25) is 0 Å². The molecule has 1 saturated heterocycles. The Morgan fingerprint density at radius 2 is 0.902 bits per heavy atom. The molecule has 1 aliphatic rings. The van der Waals surface area contributed by atoms with Gasteiger partial charge in [0.15, 0.2) is 0 Å². The van der Waals surface area contributed by atoms with Crippen LogP contribution < -0.4 is 47.0 Å². The number of amides is 7. The monoisotopic (exact) mass is 1120 g/mol. The predicted molar refractivity (Wildman–Crippen MR) is 313 cm³/mol. The number of rotatable bonds is 16. The van der Waals surface area contributed by atoms with Crippen molar-refractivity contribution in [2.75, 3.05) is 51.2 Å². The van der Waals surface area contributed by atoms with Gasteiger partial charge in [-0.2, -0.15) is 0 Å². The van der Waals surface area contributed by atoms with Crippen LogP contribution in [-0.4, -0.2) is 142 Å². The maximum Gasteiger partial charge on any atom is 0.330 e. The van der Waals surface area contributed by atoms with Gasteiger partial charge in [0, 0.05) is 81.7 Å². The largest absolute Gasteiger partial charge is 0.460 e. The van der Waals surface area contributed by atoms with Gasteiger partial charge in [0.05, 0.1) is 0 Å². The highest BCUT2D eigenvalue weighted by Gasteiger charge is 2.37. The number of ether oxygens (including phenoxy) is 2. The van der Waals surface area contributed by atoms with E-state index in [-0.39, 0.29) is 12.8 Å². The first-order valence-corrected chi connectivity index (χ1v) is 27.0. The minimum absolute atomic E-state index is 0.0468. The molecule has 4 aromatic carbocycles. The number of esters is 2. The average molecular weight is 1120 g/mol. The standard InChI is InChI=1S/C61H74N10O11/c1-36(2)53-60(79)65-47(31-41-15-11-10-12-16-41)57(76)69-54(37(3)4)61(80)67-50(35-82-52(73)30-24-40-21-27-44(28-22-40)71(8)9)59(78)64-48(32-42-33-62-46-18-14-13-17-45(42)46)56(75)66-49(58(77)63-38(5)55(74)68-53)34-81-51(72)29-23-39-19-25-43(26-20-39)70(6)7/h10-30,33,36-38,47-50,53-54,62H,31-32,34-35H2,1-9H3,(H,63,77)(H,64,78)(H,65,79)(H,66,75)(H,67,80)(H,68,74)(H,69,76)/b29-23+,30-24+/t38-,47+,48-,49+,50-,53-,54-/m1/s1. The summed E-state index contributed by atoms with van der Waals surface area (Å²) in [6.45, 7) is 6.46. The number of hydrogen-bond acceptors (Lipinski definition) is 13. The molecular formula is C61H74N10O11. The average Bonchev–Trinajstić information content (AvgIpc) is 3.91. The zero-order chi connectivity index (χ0) is 59.6. The molecule has 8 N–H and O–H groups in total. The van der Waals surface area contributed by atoms with Crippen molar-refractivity contribution in [3.63, 3.8) is 0 Å². The molecular weight excluding hydrogens is 1050 g/mol. The Bertz CT molecular complexity index is 3120. The highest BCUT2D eigenvalue weighted by atomic mass is 16.5. The molecule has 0 radical (unpaired) electrons. The number of aromatic nitrogens is 1. The van der Waals surface area contributed by atoms with E-state index in [0.717, 1.165) is 23.5 Å². The second-order valence-electron chi connectivity index (χ2n) is 21.1. The van der Waals surface area contributed by atoms with Gasteiger partial charge >= 0.3 is 11.9 Å². The summed E-state index contributed by atoms with van der Waals surface area (Å²) < 4.78 is 11.1. The van der Waals surface area contributed by atoms with E-state index < -0.39 is 121 Å². The van der Waals surface area contributed by atoms with Crippen LogP contribution in [0.1, 0.15) is 56.9 Å². The lowest BCUT2D eigenvalue weighted by Gasteiger charge is -2.29. The summed E-state index contributed by atoms with van der Waals surface area (Å²) in [7, 11) is 7.55. The van der Waals surface area contributed by atoms with Crippen LogP contribution in [0.4, 0.5) is 11.4 Å². The van der Waals surface area contributed by atoms with Crippen LogP contribution >= 0.6 is 0 Å². The molecule has 2 heterocycles. The van der Waals surface area contributed by atoms with Crippen LogP contribution in [0.25, 0.3) is 23.1 Å². The summed E-state index contributed by atoms with van der Waals surface area (Å²) in [5.74, 6) is -9.18. The molecule has 1 aromatic heterocycles. The Balaban J connectivity index is 1.39. The van der Waals surface area contributed by atoms with Crippen LogP contribution in [0.5, 0.6) is 0 Å². The number of nitrogens with one attached hydrogen (secondary N) is 8. The number of anilines is 2. The Labute approximate surface area is 477 Å². The summed E-state index contributed by atoms with van der Waals surface area (Å²) in [4.78, 5) is 135. The number of fused-ring (bicyclic) bond motifs is 1. The molecule has 434 valence electrons. The molecule has 21 nitrogen and oxygen atoms in total. The summed E-state index contributed by atoms with van der Waals surface area (Å²) in [5, 5.41) is 19.3. The molecule has 0 bridgehead atoms. The van der Waals surface area contributed by atoms with Crippen LogP contribution in [-0.2, 0) is 65.5 Å². The topological polar surface area (TPSA) is 279 Å². The number of aromatic amines is 1. The SMILES string of the molecule is CC(C)[C@H]1NC(=O)[C@H](Cc2ccccc2)NC(=O)[C@@H](C(C)C)NC(=O)[C@@H](C)NC(=O)[C@H](COC(=O)/C=C/c2ccc(N(C)C)cc2)NC(=O)[C@@H](Cc2c[nH]c3ccccc23)NC(=O)[C@@H](COC(=O)/C=C/c2ccc(N(C)C)cc2)NC1=O. The molecule has 21 heteroatoms. The van der Waals surface area contributed by atoms with Gasteiger partial charge in [-0.25, -0.2) is 9.59 Å². The van der Waals surface area contributed by atoms with Crippen LogP contribution in [0.15, 0.2) is 121 Å². The zero-order valence-electron chi connectivity index (χ0n) is 47.6. The van der Waals surface area contributed by atoms with Gasteiger partial charge in [-0.3, -0.25) is 33.6 Å². The first-order chi connectivity index (χ1) is 39.1. The fourth-order valence-electron chi connectivity index (χ4n) is 8.73. The van der Waals surface area contributed by atoms with Crippen LogP contribution in [0.3, 0.4) is 0 Å². The zero-order valence-corrected chi connectivity index (χ0v) is 47.6. The number of carbonyl (C=O) groups excluding carboxylic acids is 9. The van der Waals surface area contributed by atoms with E-state index in [0.29, 0.717) is 33.2 Å². The molecule has 7 atom stereocenters. The van der Waals surface area contributed by atoms with Crippen molar-refractivity contribution in [2.45, 2.75) is 89.8 Å². The van der Waals surface area contributed by atoms with Crippen molar-refractivity contribution in [2.24, 2.45) is 11.8 Å². The number of para-hydroxylation sites is 1.